The number of H-pyrrole nitrogens is 1. The van der Waals surface area contributed by atoms with E-state index in [1.54, 1.807) is 6.07 Å². The quantitative estimate of drug-likeness (QED) is 0.794. The molecule has 7 nitrogen and oxygen atoms in total. The Kier molecular flexibility index (Phi) is 2.75. The minimum Gasteiger partial charge on any atom is -0.367 e. The second kappa shape index (κ2) is 4.41. The zero-order valence-electron chi connectivity index (χ0n) is 10.3. The monoisotopic (exact) mass is 248 g/mol. The summed E-state index contributed by atoms with van der Waals surface area (Å²) in [5.74, 6) is 0.700. The molecule has 0 saturated carbocycles. The molecule has 0 spiro atoms. The molecule has 2 aromatic heterocycles. The molecule has 2 aromatic rings. The number of likely N-dealkylation sites (N-methyl/N-ethyl adjacent to an activating group) is 1. The van der Waals surface area contributed by atoms with Gasteiger partial charge in [0.25, 0.3) is 0 Å². The third-order valence-electron chi connectivity index (χ3n) is 3.46. The number of nitrogens with one attached hydrogen (secondary N) is 2. The van der Waals surface area contributed by atoms with E-state index in [0.717, 1.165) is 13.1 Å². The Morgan fingerprint density at radius 3 is 3.22 bits per heavy atom. The molecule has 1 aliphatic heterocycles. The summed E-state index contributed by atoms with van der Waals surface area (Å²) < 4.78 is 1.26. The number of nitrogens with zero attached hydrogens (tertiary/aromatic N) is 4. The number of anilines is 1. The van der Waals surface area contributed by atoms with Crippen molar-refractivity contribution < 1.29 is 0 Å². The zero-order valence-corrected chi connectivity index (χ0v) is 10.3. The van der Waals surface area contributed by atoms with Gasteiger partial charge in [0.05, 0.1) is 0 Å². The van der Waals surface area contributed by atoms with Gasteiger partial charge in [-0.2, -0.15) is 9.61 Å². The van der Waals surface area contributed by atoms with E-state index in [4.69, 9.17) is 0 Å². The van der Waals surface area contributed by atoms with Gasteiger partial charge in [0, 0.05) is 12.6 Å². The molecule has 0 radical (unpaired) electrons. The lowest BCUT2D eigenvalue weighted by Crippen LogP contribution is -2.31. The predicted octanol–water partition coefficient (Wildman–Crippen LogP) is -0.0763. The maximum Gasteiger partial charge on any atom is 0.364 e. The summed E-state index contributed by atoms with van der Waals surface area (Å²) in [5.41, 5.74) is 0.218. The molecule has 0 aromatic carbocycles. The first-order valence-electron chi connectivity index (χ1n) is 6.12. The van der Waals surface area contributed by atoms with E-state index >= 15 is 0 Å². The summed E-state index contributed by atoms with van der Waals surface area (Å²) in [4.78, 5) is 13.7. The Balaban J connectivity index is 1.74. The van der Waals surface area contributed by atoms with Crippen LogP contribution in [0.1, 0.15) is 12.8 Å². The van der Waals surface area contributed by atoms with E-state index in [9.17, 15) is 4.79 Å². The van der Waals surface area contributed by atoms with Crippen LogP contribution in [0.5, 0.6) is 0 Å². The summed E-state index contributed by atoms with van der Waals surface area (Å²) in [6.45, 7) is 2.00. The van der Waals surface area contributed by atoms with E-state index in [2.05, 4.69) is 32.6 Å². The largest absolute Gasteiger partial charge is 0.367 e. The van der Waals surface area contributed by atoms with Gasteiger partial charge in [-0.1, -0.05) is 0 Å². The fourth-order valence-corrected chi connectivity index (χ4v) is 2.36. The van der Waals surface area contributed by atoms with Gasteiger partial charge in [-0.3, -0.25) is 0 Å². The molecule has 1 saturated heterocycles. The highest BCUT2D eigenvalue weighted by molar-refractivity contribution is 5.43. The van der Waals surface area contributed by atoms with Gasteiger partial charge in [-0.05, 0) is 38.6 Å². The second-order valence-corrected chi connectivity index (χ2v) is 4.67. The smallest absolute Gasteiger partial charge is 0.364 e. The molecule has 96 valence electrons. The van der Waals surface area contributed by atoms with Gasteiger partial charge < -0.3 is 10.2 Å². The summed E-state index contributed by atoms with van der Waals surface area (Å²) in [5, 5.41) is 13.7. The Morgan fingerprint density at radius 2 is 2.44 bits per heavy atom. The highest BCUT2D eigenvalue weighted by atomic mass is 16.2. The van der Waals surface area contributed by atoms with Gasteiger partial charge in [0.15, 0.2) is 5.65 Å². The lowest BCUT2D eigenvalue weighted by atomic mass is 10.2. The first kappa shape index (κ1) is 11.2. The van der Waals surface area contributed by atoms with Crippen LogP contribution < -0.4 is 11.0 Å². The maximum absolute atomic E-state index is 11.4. The van der Waals surface area contributed by atoms with E-state index in [0.29, 0.717) is 17.5 Å². The van der Waals surface area contributed by atoms with Crippen molar-refractivity contribution in [3.8, 4) is 0 Å². The lowest BCUT2D eigenvalue weighted by Gasteiger charge is -2.19. The van der Waals surface area contributed by atoms with Crippen LogP contribution in [0, 0.1) is 0 Å². The second-order valence-electron chi connectivity index (χ2n) is 4.67. The normalized spacial score (nSPS) is 20.6. The van der Waals surface area contributed by atoms with Crippen molar-refractivity contribution in [3.05, 3.63) is 22.6 Å². The van der Waals surface area contributed by atoms with Crippen LogP contribution in [0.25, 0.3) is 5.65 Å². The third kappa shape index (κ3) is 1.97. The molecule has 3 rings (SSSR count). The molecule has 18 heavy (non-hydrogen) atoms. The molecule has 2 N–H and O–H groups in total. The Morgan fingerprint density at radius 1 is 1.56 bits per heavy atom. The number of likely N-dealkylation sites (tertiary alicyclic amines) is 1. The molecule has 1 atom stereocenters. The number of rotatable bonds is 3. The SMILES string of the molecule is CN1CCCC1CNc1ccc2n[nH]c(=O)n2n1. The van der Waals surface area contributed by atoms with Crippen molar-refractivity contribution in [3.63, 3.8) is 0 Å². The number of hydrogen-bond acceptors (Lipinski definition) is 5. The predicted molar refractivity (Wildman–Crippen MR) is 67.7 cm³/mol. The first-order chi connectivity index (χ1) is 8.74. The molecule has 0 bridgehead atoms. The van der Waals surface area contributed by atoms with Crippen LogP contribution in [-0.2, 0) is 0 Å². The average molecular weight is 248 g/mol. The molecule has 7 heteroatoms. The third-order valence-corrected chi connectivity index (χ3v) is 3.46. The van der Waals surface area contributed by atoms with E-state index in [1.807, 2.05) is 6.07 Å². The van der Waals surface area contributed by atoms with Crippen molar-refractivity contribution in [1.82, 2.24) is 24.7 Å². The van der Waals surface area contributed by atoms with Crippen LogP contribution in [0.15, 0.2) is 16.9 Å². The van der Waals surface area contributed by atoms with Gasteiger partial charge in [0.1, 0.15) is 5.82 Å². The van der Waals surface area contributed by atoms with Gasteiger partial charge in [-0.25, -0.2) is 9.89 Å². The number of fused-ring (bicyclic) bond motifs is 1. The zero-order chi connectivity index (χ0) is 12.5. The van der Waals surface area contributed by atoms with Crippen molar-refractivity contribution in [2.45, 2.75) is 18.9 Å². The van der Waals surface area contributed by atoms with Crippen molar-refractivity contribution in [1.29, 1.82) is 0 Å². The first-order valence-corrected chi connectivity index (χ1v) is 6.12. The van der Waals surface area contributed by atoms with Crippen LogP contribution >= 0.6 is 0 Å². The Hall–Kier alpha value is -1.89. The molecular weight excluding hydrogens is 232 g/mol. The fraction of sp³-hybridized carbons (Fsp3) is 0.545. The molecule has 1 fully saturated rings. The van der Waals surface area contributed by atoms with Gasteiger partial charge in [-0.15, -0.1) is 5.10 Å². The highest BCUT2D eigenvalue weighted by Gasteiger charge is 2.20. The van der Waals surface area contributed by atoms with E-state index in [1.165, 1.54) is 17.4 Å². The van der Waals surface area contributed by atoms with Gasteiger partial charge >= 0.3 is 5.69 Å². The number of aromatic nitrogens is 4. The molecule has 0 amide bonds. The standard InChI is InChI=1S/C11H16N6O/c1-16-6-2-3-8(16)7-12-9-4-5-10-13-14-11(18)17(10)15-9/h4-5,8H,2-3,6-7H2,1H3,(H,12,15)(H,14,18). The fourth-order valence-electron chi connectivity index (χ4n) is 2.36. The van der Waals surface area contributed by atoms with Crippen molar-refractivity contribution >= 4 is 11.5 Å². The molecular formula is C11H16N6O. The molecule has 1 unspecified atom stereocenters. The Labute approximate surface area is 104 Å². The minimum atomic E-state index is -0.313. The topological polar surface area (TPSA) is 78.3 Å². The maximum atomic E-state index is 11.4. The van der Waals surface area contributed by atoms with Crippen LogP contribution in [-0.4, -0.2) is 50.9 Å². The summed E-state index contributed by atoms with van der Waals surface area (Å²) in [7, 11) is 2.14. The Bertz CT molecular complexity index is 603. The average Bonchev–Trinajstić information content (AvgIpc) is 2.94. The van der Waals surface area contributed by atoms with E-state index < -0.39 is 0 Å². The minimum absolute atomic E-state index is 0.313. The highest BCUT2D eigenvalue weighted by Crippen LogP contribution is 2.15. The number of aromatic amines is 1. The summed E-state index contributed by atoms with van der Waals surface area (Å²) in [6.07, 6.45) is 2.45. The molecule has 3 heterocycles. The van der Waals surface area contributed by atoms with E-state index in [-0.39, 0.29) is 5.69 Å². The van der Waals surface area contributed by atoms with Crippen LogP contribution in [0.3, 0.4) is 0 Å². The summed E-state index contributed by atoms with van der Waals surface area (Å²) >= 11 is 0. The number of hydrogen-bond donors (Lipinski definition) is 2. The van der Waals surface area contributed by atoms with Crippen LogP contribution in [0.2, 0.25) is 0 Å². The van der Waals surface area contributed by atoms with Crippen molar-refractivity contribution in [2.24, 2.45) is 0 Å². The van der Waals surface area contributed by atoms with Crippen LogP contribution in [0.4, 0.5) is 5.82 Å². The summed E-state index contributed by atoms with van der Waals surface area (Å²) in [6, 6.07) is 4.15. The van der Waals surface area contributed by atoms with Crippen molar-refractivity contribution in [2.75, 3.05) is 25.5 Å². The molecule has 1 aliphatic rings. The lowest BCUT2D eigenvalue weighted by molar-refractivity contribution is 0.322. The molecule has 0 aliphatic carbocycles. The van der Waals surface area contributed by atoms with Gasteiger partial charge in [0.2, 0.25) is 0 Å².